The Kier molecular flexibility index (Phi) is 7.79. The summed E-state index contributed by atoms with van der Waals surface area (Å²) in [6.07, 6.45) is 1.25. The molecule has 0 aliphatic carbocycles. The molecule has 128 valence electrons. The summed E-state index contributed by atoms with van der Waals surface area (Å²) in [5.41, 5.74) is 2.22. The van der Waals surface area contributed by atoms with E-state index in [2.05, 4.69) is 19.2 Å². The monoisotopic (exact) mass is 318 g/mol. The summed E-state index contributed by atoms with van der Waals surface area (Å²) in [5, 5.41) is 2.93. The van der Waals surface area contributed by atoms with Gasteiger partial charge in [-0.1, -0.05) is 45.0 Å². The zero-order valence-corrected chi connectivity index (χ0v) is 15.1. The highest BCUT2D eigenvalue weighted by molar-refractivity contribution is 5.87. The summed E-state index contributed by atoms with van der Waals surface area (Å²) >= 11 is 0. The number of hydrogen-bond acceptors (Lipinski definition) is 2. The molecule has 23 heavy (non-hydrogen) atoms. The molecule has 4 nitrogen and oxygen atoms in total. The van der Waals surface area contributed by atoms with Crippen LogP contribution in [0.15, 0.2) is 24.3 Å². The van der Waals surface area contributed by atoms with Crippen molar-refractivity contribution in [1.29, 1.82) is 0 Å². The van der Waals surface area contributed by atoms with Gasteiger partial charge in [-0.3, -0.25) is 9.59 Å². The van der Waals surface area contributed by atoms with Gasteiger partial charge in [-0.2, -0.15) is 0 Å². The third kappa shape index (κ3) is 6.05. The van der Waals surface area contributed by atoms with Crippen molar-refractivity contribution in [2.45, 2.75) is 60.0 Å². The SMILES string of the molecule is CCCC(=O)N(Cc1ccccc1C)C(C)C(=O)NCC(C)C. The van der Waals surface area contributed by atoms with E-state index < -0.39 is 6.04 Å². The van der Waals surface area contributed by atoms with Crippen LogP contribution in [0, 0.1) is 12.8 Å². The number of nitrogens with one attached hydrogen (secondary N) is 1. The van der Waals surface area contributed by atoms with Gasteiger partial charge >= 0.3 is 0 Å². The third-order valence-corrected chi connectivity index (χ3v) is 3.92. The van der Waals surface area contributed by atoms with Gasteiger partial charge in [-0.15, -0.1) is 0 Å². The Morgan fingerprint density at radius 2 is 1.83 bits per heavy atom. The van der Waals surface area contributed by atoms with Gasteiger partial charge in [0.25, 0.3) is 0 Å². The molecule has 0 aliphatic rings. The molecule has 1 atom stereocenters. The van der Waals surface area contributed by atoms with Gasteiger partial charge in [0.2, 0.25) is 11.8 Å². The van der Waals surface area contributed by atoms with Crippen LogP contribution in [0.1, 0.15) is 51.7 Å². The number of hydrogen-bond donors (Lipinski definition) is 1. The van der Waals surface area contributed by atoms with E-state index in [0.717, 1.165) is 17.5 Å². The molecule has 0 saturated carbocycles. The number of carbonyl (C=O) groups is 2. The van der Waals surface area contributed by atoms with Gasteiger partial charge < -0.3 is 10.2 Å². The zero-order valence-electron chi connectivity index (χ0n) is 15.1. The molecule has 0 aromatic heterocycles. The van der Waals surface area contributed by atoms with Crippen LogP contribution in [0.2, 0.25) is 0 Å². The summed E-state index contributed by atoms with van der Waals surface area (Å²) < 4.78 is 0. The molecule has 0 saturated heterocycles. The number of carbonyl (C=O) groups excluding carboxylic acids is 2. The summed E-state index contributed by atoms with van der Waals surface area (Å²) in [6.45, 7) is 11.0. The molecule has 0 fully saturated rings. The van der Waals surface area contributed by atoms with Gasteiger partial charge in [-0.05, 0) is 37.3 Å². The molecule has 0 heterocycles. The molecule has 1 rings (SSSR count). The number of benzene rings is 1. The highest BCUT2D eigenvalue weighted by Crippen LogP contribution is 2.15. The Hall–Kier alpha value is -1.84. The maximum Gasteiger partial charge on any atom is 0.242 e. The first kappa shape index (κ1) is 19.2. The minimum absolute atomic E-state index is 0.0305. The standard InChI is InChI=1S/C19H30N2O2/c1-6-9-18(22)21(13-17-11-8-7-10-15(17)4)16(5)19(23)20-12-14(2)3/h7-8,10-11,14,16H,6,9,12-13H2,1-5H3,(H,20,23). The van der Waals surface area contributed by atoms with Crippen LogP contribution in [0.25, 0.3) is 0 Å². The second-order valence-electron chi connectivity index (χ2n) is 6.51. The molecule has 1 unspecified atom stereocenters. The number of amides is 2. The van der Waals surface area contributed by atoms with Gasteiger partial charge in [0.15, 0.2) is 0 Å². The Morgan fingerprint density at radius 3 is 2.39 bits per heavy atom. The van der Waals surface area contributed by atoms with Crippen LogP contribution >= 0.6 is 0 Å². The quantitative estimate of drug-likeness (QED) is 0.799. The van der Waals surface area contributed by atoms with Crippen molar-refractivity contribution in [2.75, 3.05) is 6.54 Å². The highest BCUT2D eigenvalue weighted by atomic mass is 16.2. The summed E-state index contributed by atoms with van der Waals surface area (Å²) in [4.78, 5) is 26.6. The van der Waals surface area contributed by atoms with Crippen molar-refractivity contribution in [1.82, 2.24) is 10.2 Å². The Balaban J connectivity index is 2.89. The summed E-state index contributed by atoms with van der Waals surface area (Å²) in [6, 6.07) is 7.53. The maximum absolute atomic E-state index is 12.5. The molecule has 0 bridgehead atoms. The van der Waals surface area contributed by atoms with Gasteiger partial charge in [0, 0.05) is 19.5 Å². The van der Waals surface area contributed by atoms with Crippen LogP contribution in [0.4, 0.5) is 0 Å². The topological polar surface area (TPSA) is 49.4 Å². The fourth-order valence-electron chi connectivity index (χ4n) is 2.36. The lowest BCUT2D eigenvalue weighted by Gasteiger charge is -2.29. The molecule has 0 aliphatic heterocycles. The Morgan fingerprint density at radius 1 is 1.17 bits per heavy atom. The van der Waals surface area contributed by atoms with Gasteiger partial charge in [-0.25, -0.2) is 0 Å². The third-order valence-electron chi connectivity index (χ3n) is 3.92. The molecular weight excluding hydrogens is 288 g/mol. The van der Waals surface area contributed by atoms with Crippen LogP contribution < -0.4 is 5.32 Å². The molecule has 2 amide bonds. The number of aryl methyl sites for hydroxylation is 1. The predicted octanol–water partition coefficient (Wildman–Crippen LogP) is 3.28. The second kappa shape index (κ2) is 9.33. The lowest BCUT2D eigenvalue weighted by atomic mass is 10.1. The summed E-state index contributed by atoms with van der Waals surface area (Å²) in [7, 11) is 0. The molecule has 4 heteroatoms. The van der Waals surface area contributed by atoms with Crippen molar-refractivity contribution >= 4 is 11.8 Å². The van der Waals surface area contributed by atoms with E-state index >= 15 is 0 Å². The fourth-order valence-corrected chi connectivity index (χ4v) is 2.36. The molecule has 1 N–H and O–H groups in total. The summed E-state index contributed by atoms with van der Waals surface area (Å²) in [5.74, 6) is 0.335. The average Bonchev–Trinajstić information content (AvgIpc) is 2.51. The number of nitrogens with zero attached hydrogens (tertiary/aromatic N) is 1. The first-order valence-electron chi connectivity index (χ1n) is 8.48. The van der Waals surface area contributed by atoms with Crippen molar-refractivity contribution in [3.8, 4) is 0 Å². The number of rotatable bonds is 8. The first-order chi connectivity index (χ1) is 10.9. The molecular formula is C19H30N2O2. The Bertz CT molecular complexity index is 526. The van der Waals surface area contributed by atoms with Gasteiger partial charge in [0.05, 0.1) is 0 Å². The van der Waals surface area contributed by atoms with Crippen LogP contribution in [-0.4, -0.2) is 29.3 Å². The van der Waals surface area contributed by atoms with E-state index in [1.807, 2.05) is 45.0 Å². The first-order valence-corrected chi connectivity index (χ1v) is 8.48. The minimum Gasteiger partial charge on any atom is -0.354 e. The van der Waals surface area contributed by atoms with Crippen LogP contribution in [0.5, 0.6) is 0 Å². The zero-order chi connectivity index (χ0) is 17.4. The van der Waals surface area contributed by atoms with E-state index in [4.69, 9.17) is 0 Å². The highest BCUT2D eigenvalue weighted by Gasteiger charge is 2.25. The maximum atomic E-state index is 12.5. The molecule has 0 spiro atoms. The molecule has 1 aromatic rings. The fraction of sp³-hybridized carbons (Fsp3) is 0.579. The predicted molar refractivity (Wildman–Crippen MR) is 93.9 cm³/mol. The van der Waals surface area contributed by atoms with E-state index in [9.17, 15) is 9.59 Å². The van der Waals surface area contributed by atoms with Crippen LogP contribution in [0.3, 0.4) is 0 Å². The van der Waals surface area contributed by atoms with E-state index in [1.165, 1.54) is 0 Å². The normalized spacial score (nSPS) is 12.1. The van der Waals surface area contributed by atoms with E-state index in [0.29, 0.717) is 25.4 Å². The lowest BCUT2D eigenvalue weighted by molar-refractivity contribution is -0.140. The van der Waals surface area contributed by atoms with E-state index in [1.54, 1.807) is 4.90 Å². The molecule has 1 aromatic carbocycles. The smallest absolute Gasteiger partial charge is 0.242 e. The van der Waals surface area contributed by atoms with Crippen molar-refractivity contribution in [3.63, 3.8) is 0 Å². The van der Waals surface area contributed by atoms with Crippen LogP contribution in [-0.2, 0) is 16.1 Å². The Labute approximate surface area is 140 Å². The van der Waals surface area contributed by atoms with Gasteiger partial charge in [0.1, 0.15) is 6.04 Å². The van der Waals surface area contributed by atoms with E-state index in [-0.39, 0.29) is 11.8 Å². The van der Waals surface area contributed by atoms with Crippen molar-refractivity contribution < 1.29 is 9.59 Å². The lowest BCUT2D eigenvalue weighted by Crippen LogP contribution is -2.48. The minimum atomic E-state index is -0.465. The van der Waals surface area contributed by atoms with Crippen molar-refractivity contribution in [3.05, 3.63) is 35.4 Å². The average molecular weight is 318 g/mol. The molecule has 0 radical (unpaired) electrons. The van der Waals surface area contributed by atoms with Crippen molar-refractivity contribution in [2.24, 2.45) is 5.92 Å². The second-order valence-corrected chi connectivity index (χ2v) is 6.51. The largest absolute Gasteiger partial charge is 0.354 e.